The molecule has 3 aromatic carbocycles. The van der Waals surface area contributed by atoms with Crippen LogP contribution in [0.3, 0.4) is 0 Å². The second-order valence-corrected chi connectivity index (χ2v) is 11.2. The number of aryl methyl sites for hydroxylation is 1. The maximum atomic E-state index is 14.0. The number of anilines is 1. The van der Waals surface area contributed by atoms with Gasteiger partial charge >= 0.3 is 6.36 Å². The second kappa shape index (κ2) is 11.2. The average molecular weight is 558 g/mol. The minimum absolute atomic E-state index is 0.0297. The summed E-state index contributed by atoms with van der Waals surface area (Å²) < 4.78 is 69.3. The Hall–Kier alpha value is -3.42. The molecule has 1 N–H and O–H groups in total. The van der Waals surface area contributed by atoms with Gasteiger partial charge in [-0.2, -0.15) is 0 Å². The first-order chi connectivity index (χ1) is 19.0. The van der Waals surface area contributed by atoms with Gasteiger partial charge in [-0.1, -0.05) is 43.5 Å². The van der Waals surface area contributed by atoms with Crippen LogP contribution in [0.5, 0.6) is 5.75 Å². The van der Waals surface area contributed by atoms with Crippen LogP contribution in [0.15, 0.2) is 60.7 Å². The minimum Gasteiger partial charge on any atom is -0.406 e. The Bertz CT molecular complexity index is 1370. The highest BCUT2D eigenvalue weighted by molar-refractivity contribution is 6.06. The van der Waals surface area contributed by atoms with E-state index in [0.717, 1.165) is 60.5 Å². The third-order valence-electron chi connectivity index (χ3n) is 8.40. The predicted molar refractivity (Wildman–Crippen MR) is 143 cm³/mol. The van der Waals surface area contributed by atoms with Gasteiger partial charge in [0.1, 0.15) is 5.75 Å². The third kappa shape index (κ3) is 6.31. The molecule has 3 atom stereocenters. The van der Waals surface area contributed by atoms with E-state index in [2.05, 4.69) is 10.1 Å². The Balaban J connectivity index is 1.42. The highest BCUT2D eigenvalue weighted by atomic mass is 19.4. The van der Waals surface area contributed by atoms with Gasteiger partial charge in [0.25, 0.3) is 0 Å². The topological polar surface area (TPSA) is 38.3 Å². The van der Waals surface area contributed by atoms with Crippen LogP contribution in [0.2, 0.25) is 0 Å². The summed E-state index contributed by atoms with van der Waals surface area (Å²) >= 11 is 0. The molecule has 3 nitrogen and oxygen atoms in total. The monoisotopic (exact) mass is 557 g/mol. The highest BCUT2D eigenvalue weighted by Crippen LogP contribution is 2.45. The van der Waals surface area contributed by atoms with Gasteiger partial charge in [-0.05, 0) is 98.0 Å². The van der Waals surface area contributed by atoms with Gasteiger partial charge in [0, 0.05) is 22.7 Å². The number of hydrogen-bond acceptors (Lipinski definition) is 3. The lowest BCUT2D eigenvalue weighted by atomic mass is 9.65. The highest BCUT2D eigenvalue weighted by Gasteiger charge is 2.47. The number of carbonyl (C=O) groups excluding carboxylic acids is 1. The van der Waals surface area contributed by atoms with E-state index in [1.807, 2.05) is 25.1 Å². The smallest absolute Gasteiger partial charge is 0.406 e. The molecular formula is C32H32F5NO2. The van der Waals surface area contributed by atoms with Crippen molar-refractivity contribution in [3.05, 3.63) is 94.6 Å². The van der Waals surface area contributed by atoms with Crippen LogP contribution in [0.1, 0.15) is 65.6 Å². The van der Waals surface area contributed by atoms with Crippen molar-refractivity contribution in [3.63, 3.8) is 0 Å². The van der Waals surface area contributed by atoms with Crippen LogP contribution in [0.4, 0.5) is 27.6 Å². The number of carbonyl (C=O) groups is 1. The van der Waals surface area contributed by atoms with Crippen LogP contribution in [-0.4, -0.2) is 17.7 Å². The van der Waals surface area contributed by atoms with E-state index in [1.165, 1.54) is 18.2 Å². The molecule has 1 spiro atoms. The van der Waals surface area contributed by atoms with Crippen LogP contribution in [-0.2, 0) is 12.8 Å². The number of halogens is 5. The number of nitrogens with one attached hydrogen (secondary N) is 1. The van der Waals surface area contributed by atoms with E-state index in [4.69, 9.17) is 0 Å². The summed E-state index contributed by atoms with van der Waals surface area (Å²) in [5.74, 6) is -2.15. The zero-order chi connectivity index (χ0) is 28.5. The molecule has 212 valence electrons. The third-order valence-corrected chi connectivity index (χ3v) is 8.40. The van der Waals surface area contributed by atoms with E-state index in [-0.39, 0.29) is 17.5 Å². The van der Waals surface area contributed by atoms with Crippen molar-refractivity contribution in [1.29, 1.82) is 0 Å². The lowest BCUT2D eigenvalue weighted by molar-refractivity contribution is -0.274. The number of Topliss-reactive ketones (excluding diaryl/α,β-unsaturated/α-hetero) is 1. The van der Waals surface area contributed by atoms with Crippen LogP contribution in [0, 0.1) is 30.4 Å². The maximum Gasteiger partial charge on any atom is 0.573 e. The number of alkyl halides is 3. The lowest BCUT2D eigenvalue weighted by Gasteiger charge is -2.47. The van der Waals surface area contributed by atoms with E-state index in [1.54, 1.807) is 18.2 Å². The van der Waals surface area contributed by atoms with Gasteiger partial charge in [0.05, 0.1) is 0 Å². The summed E-state index contributed by atoms with van der Waals surface area (Å²) in [6.07, 6.45) is 1.32. The fraction of sp³-hybridized carbons (Fsp3) is 0.406. The van der Waals surface area contributed by atoms with Crippen LogP contribution < -0.4 is 10.1 Å². The van der Waals surface area contributed by atoms with E-state index < -0.39 is 29.5 Å². The molecule has 0 bridgehead atoms. The molecular weight excluding hydrogens is 525 g/mol. The molecule has 0 aromatic heterocycles. The summed E-state index contributed by atoms with van der Waals surface area (Å²) in [7, 11) is 0. The molecule has 1 saturated carbocycles. The zero-order valence-corrected chi connectivity index (χ0v) is 22.3. The van der Waals surface area contributed by atoms with Gasteiger partial charge in [0.15, 0.2) is 17.4 Å². The molecule has 1 aliphatic carbocycles. The molecule has 0 amide bonds. The predicted octanol–water partition coefficient (Wildman–Crippen LogP) is 8.59. The molecule has 0 saturated heterocycles. The first kappa shape index (κ1) is 28.1. The Morgan fingerprint density at radius 2 is 1.62 bits per heavy atom. The molecule has 3 unspecified atom stereocenters. The molecule has 1 fully saturated rings. The fourth-order valence-corrected chi connectivity index (χ4v) is 6.40. The number of ketones is 1. The Morgan fingerprint density at radius 1 is 0.875 bits per heavy atom. The Labute approximate surface area is 230 Å². The van der Waals surface area contributed by atoms with Crippen LogP contribution >= 0.6 is 0 Å². The van der Waals surface area contributed by atoms with Gasteiger partial charge in [-0.25, -0.2) is 8.78 Å². The van der Waals surface area contributed by atoms with Crippen molar-refractivity contribution in [2.45, 2.75) is 70.2 Å². The van der Waals surface area contributed by atoms with Gasteiger partial charge in [-0.15, -0.1) is 13.2 Å². The number of fused-ring (bicyclic) bond motifs is 1. The quantitative estimate of drug-likeness (QED) is 0.319. The molecule has 8 heteroatoms. The summed E-state index contributed by atoms with van der Waals surface area (Å²) in [6, 6.07) is 15.5. The van der Waals surface area contributed by atoms with Gasteiger partial charge in [-0.3, -0.25) is 4.79 Å². The lowest BCUT2D eigenvalue weighted by Crippen LogP contribution is -2.53. The fourth-order valence-electron chi connectivity index (χ4n) is 6.40. The molecule has 40 heavy (non-hydrogen) atoms. The first-order valence-electron chi connectivity index (χ1n) is 13.7. The first-order valence-corrected chi connectivity index (χ1v) is 13.7. The number of ether oxygens (including phenoxy) is 1. The van der Waals surface area contributed by atoms with Crippen molar-refractivity contribution in [2.24, 2.45) is 11.8 Å². The zero-order valence-electron chi connectivity index (χ0n) is 22.3. The Kier molecular flexibility index (Phi) is 7.89. The number of benzene rings is 3. The number of hydrogen-bond donors (Lipinski definition) is 1. The molecule has 1 aliphatic heterocycles. The summed E-state index contributed by atoms with van der Waals surface area (Å²) in [5, 5.41) is 3.76. The van der Waals surface area contributed by atoms with Crippen molar-refractivity contribution < 1.29 is 31.5 Å². The van der Waals surface area contributed by atoms with Crippen LogP contribution in [0.25, 0.3) is 0 Å². The van der Waals surface area contributed by atoms with Crippen molar-refractivity contribution in [2.75, 3.05) is 5.32 Å². The van der Waals surface area contributed by atoms with E-state index in [0.29, 0.717) is 24.8 Å². The maximum absolute atomic E-state index is 14.0. The summed E-state index contributed by atoms with van der Waals surface area (Å²) in [4.78, 5) is 14.0. The van der Waals surface area contributed by atoms with E-state index in [9.17, 15) is 26.7 Å². The van der Waals surface area contributed by atoms with Gasteiger partial charge < -0.3 is 10.1 Å². The largest absolute Gasteiger partial charge is 0.573 e. The minimum atomic E-state index is -4.77. The molecule has 2 aliphatic rings. The molecule has 1 heterocycles. The average Bonchev–Trinajstić information content (AvgIpc) is 2.88. The van der Waals surface area contributed by atoms with Crippen molar-refractivity contribution in [3.8, 4) is 5.75 Å². The SMILES string of the molecule is Cc1ccc2c(c1)NC1(CCCCC(Cc3ccc(F)c(F)c3)CC1)C(Cc1ccc(OC(F)(F)F)cc1)C2=O. The Morgan fingerprint density at radius 3 is 2.35 bits per heavy atom. The standard InChI is InChI=1S/C32H32F5NO2/c1-20-5-11-25-29(16-20)38-31(26(30(25)39)18-22-6-9-24(10-7-22)40-32(35,36)37)14-3-2-4-21(13-15-31)17-23-8-12-27(33)28(34)19-23/h5-12,16,19,21,26,38H,2-4,13-15,17-18H2,1H3. The molecule has 5 rings (SSSR count). The normalized spacial score (nSPS) is 23.2. The second-order valence-electron chi connectivity index (χ2n) is 11.2. The molecule has 0 radical (unpaired) electrons. The van der Waals surface area contributed by atoms with E-state index >= 15 is 0 Å². The summed E-state index contributed by atoms with van der Waals surface area (Å²) in [5.41, 5.74) is 3.45. The molecule has 3 aromatic rings. The van der Waals surface area contributed by atoms with Gasteiger partial charge in [0.2, 0.25) is 0 Å². The van der Waals surface area contributed by atoms with Crippen molar-refractivity contribution in [1.82, 2.24) is 0 Å². The summed E-state index contributed by atoms with van der Waals surface area (Å²) in [6.45, 7) is 1.98. The number of rotatable bonds is 5. The van der Waals surface area contributed by atoms with Crippen molar-refractivity contribution >= 4 is 11.5 Å².